The van der Waals surface area contributed by atoms with Crippen molar-refractivity contribution in [2.75, 3.05) is 7.11 Å². The van der Waals surface area contributed by atoms with Crippen molar-refractivity contribution in [3.8, 4) is 5.75 Å². The zero-order valence-corrected chi connectivity index (χ0v) is 8.69. The minimum absolute atomic E-state index is 0.153. The SMILES string of the molecule is COC(=O)[C@H]1CCCc2cc(O)ccc21. The minimum atomic E-state index is -0.179. The molecule has 0 heterocycles. The number of carbonyl (C=O) groups is 1. The molecular weight excluding hydrogens is 192 g/mol. The van der Waals surface area contributed by atoms with E-state index < -0.39 is 0 Å². The van der Waals surface area contributed by atoms with Crippen LogP contribution in [0.4, 0.5) is 0 Å². The van der Waals surface area contributed by atoms with Crippen LogP contribution in [0.5, 0.6) is 5.75 Å². The number of aromatic hydroxyl groups is 1. The van der Waals surface area contributed by atoms with Gasteiger partial charge in [-0.2, -0.15) is 0 Å². The topological polar surface area (TPSA) is 46.5 Å². The van der Waals surface area contributed by atoms with Gasteiger partial charge in [0.25, 0.3) is 0 Å². The second-order valence-electron chi connectivity index (χ2n) is 3.85. The summed E-state index contributed by atoms with van der Waals surface area (Å²) in [5.41, 5.74) is 2.07. The first-order valence-electron chi connectivity index (χ1n) is 5.12. The van der Waals surface area contributed by atoms with Crippen molar-refractivity contribution in [2.24, 2.45) is 0 Å². The molecule has 0 amide bonds. The fourth-order valence-electron chi connectivity index (χ4n) is 2.19. The van der Waals surface area contributed by atoms with E-state index >= 15 is 0 Å². The van der Waals surface area contributed by atoms with Crippen molar-refractivity contribution < 1.29 is 14.6 Å². The highest BCUT2D eigenvalue weighted by Gasteiger charge is 2.27. The lowest BCUT2D eigenvalue weighted by Gasteiger charge is -2.23. The second-order valence-corrected chi connectivity index (χ2v) is 3.85. The molecule has 0 fully saturated rings. The van der Waals surface area contributed by atoms with Crippen LogP contribution in [-0.4, -0.2) is 18.2 Å². The van der Waals surface area contributed by atoms with E-state index in [0.29, 0.717) is 0 Å². The number of fused-ring (bicyclic) bond motifs is 1. The molecule has 0 aliphatic heterocycles. The van der Waals surface area contributed by atoms with Gasteiger partial charge in [0.15, 0.2) is 0 Å². The van der Waals surface area contributed by atoms with Gasteiger partial charge >= 0.3 is 5.97 Å². The average molecular weight is 206 g/mol. The first kappa shape index (κ1) is 10.0. The van der Waals surface area contributed by atoms with Crippen LogP contribution in [0, 0.1) is 0 Å². The maximum Gasteiger partial charge on any atom is 0.313 e. The molecule has 0 saturated carbocycles. The third kappa shape index (κ3) is 1.82. The van der Waals surface area contributed by atoms with E-state index in [-0.39, 0.29) is 17.6 Å². The summed E-state index contributed by atoms with van der Waals surface area (Å²) < 4.78 is 4.78. The summed E-state index contributed by atoms with van der Waals surface area (Å²) in [6.07, 6.45) is 2.73. The molecule has 0 spiro atoms. The standard InChI is InChI=1S/C12H14O3/c1-15-12(14)11-4-2-3-8-7-9(13)5-6-10(8)11/h5-7,11,13H,2-4H2,1H3/t11-/m0/s1. The molecule has 1 aromatic carbocycles. The normalized spacial score (nSPS) is 19.4. The van der Waals surface area contributed by atoms with E-state index in [1.807, 2.05) is 6.07 Å². The first-order chi connectivity index (χ1) is 7.22. The Labute approximate surface area is 88.7 Å². The number of phenols is 1. The molecule has 1 atom stereocenters. The van der Waals surface area contributed by atoms with Crippen LogP contribution in [0.2, 0.25) is 0 Å². The highest BCUT2D eigenvalue weighted by Crippen LogP contribution is 2.34. The Morgan fingerprint density at radius 2 is 2.33 bits per heavy atom. The summed E-state index contributed by atoms with van der Waals surface area (Å²) in [5, 5.41) is 9.35. The Hall–Kier alpha value is -1.51. The Bertz CT molecular complexity index is 384. The molecule has 2 rings (SSSR count). The van der Waals surface area contributed by atoms with E-state index in [4.69, 9.17) is 4.74 Å². The van der Waals surface area contributed by atoms with Crippen LogP contribution in [0.25, 0.3) is 0 Å². The summed E-state index contributed by atoms with van der Waals surface area (Å²) in [6, 6.07) is 5.19. The Balaban J connectivity index is 2.38. The second kappa shape index (κ2) is 3.93. The van der Waals surface area contributed by atoms with Gasteiger partial charge in [-0.05, 0) is 42.5 Å². The van der Waals surface area contributed by atoms with Crippen molar-refractivity contribution in [1.82, 2.24) is 0 Å². The largest absolute Gasteiger partial charge is 0.508 e. The molecule has 1 aliphatic rings. The molecule has 0 unspecified atom stereocenters. The predicted molar refractivity (Wildman–Crippen MR) is 55.8 cm³/mol. The zero-order chi connectivity index (χ0) is 10.8. The van der Waals surface area contributed by atoms with Crippen LogP contribution in [0.1, 0.15) is 29.9 Å². The summed E-state index contributed by atoms with van der Waals surface area (Å²) in [5.74, 6) is -0.0692. The number of hydrogen-bond acceptors (Lipinski definition) is 3. The number of phenolic OH excluding ortho intramolecular Hbond substituents is 1. The van der Waals surface area contributed by atoms with Crippen molar-refractivity contribution in [1.29, 1.82) is 0 Å². The molecule has 15 heavy (non-hydrogen) atoms. The van der Waals surface area contributed by atoms with Crippen LogP contribution in [0.3, 0.4) is 0 Å². The van der Waals surface area contributed by atoms with E-state index in [1.54, 1.807) is 12.1 Å². The maximum absolute atomic E-state index is 11.5. The van der Waals surface area contributed by atoms with E-state index in [9.17, 15) is 9.90 Å². The highest BCUT2D eigenvalue weighted by atomic mass is 16.5. The van der Waals surface area contributed by atoms with Crippen LogP contribution in [-0.2, 0) is 16.0 Å². The fraction of sp³-hybridized carbons (Fsp3) is 0.417. The van der Waals surface area contributed by atoms with Gasteiger partial charge in [-0.15, -0.1) is 0 Å². The van der Waals surface area contributed by atoms with Gasteiger partial charge in [0, 0.05) is 0 Å². The van der Waals surface area contributed by atoms with Crippen LogP contribution >= 0.6 is 0 Å². The predicted octanol–water partition coefficient (Wildman–Crippen LogP) is 1.99. The lowest BCUT2D eigenvalue weighted by Crippen LogP contribution is -2.19. The molecule has 0 aromatic heterocycles. The molecule has 3 nitrogen and oxygen atoms in total. The third-order valence-electron chi connectivity index (χ3n) is 2.93. The van der Waals surface area contributed by atoms with Gasteiger partial charge in [-0.1, -0.05) is 6.07 Å². The molecule has 1 aromatic rings. The number of benzene rings is 1. The summed E-state index contributed by atoms with van der Waals surface area (Å²) >= 11 is 0. The van der Waals surface area contributed by atoms with Gasteiger partial charge in [-0.3, -0.25) is 4.79 Å². The summed E-state index contributed by atoms with van der Waals surface area (Å²) in [4.78, 5) is 11.5. The number of carbonyl (C=O) groups excluding carboxylic acids is 1. The lowest BCUT2D eigenvalue weighted by atomic mass is 9.83. The fourth-order valence-corrected chi connectivity index (χ4v) is 2.19. The molecule has 3 heteroatoms. The number of methoxy groups -OCH3 is 1. The molecule has 80 valence electrons. The van der Waals surface area contributed by atoms with Gasteiger partial charge in [0.1, 0.15) is 5.75 Å². The van der Waals surface area contributed by atoms with Crippen LogP contribution in [0.15, 0.2) is 18.2 Å². The van der Waals surface area contributed by atoms with Crippen LogP contribution < -0.4 is 0 Å². The van der Waals surface area contributed by atoms with Crippen molar-refractivity contribution >= 4 is 5.97 Å². The molecule has 1 N–H and O–H groups in total. The molecule has 0 bridgehead atoms. The quantitative estimate of drug-likeness (QED) is 0.715. The number of aryl methyl sites for hydroxylation is 1. The zero-order valence-electron chi connectivity index (χ0n) is 8.69. The Morgan fingerprint density at radius 3 is 3.07 bits per heavy atom. The van der Waals surface area contributed by atoms with Gasteiger partial charge < -0.3 is 9.84 Å². The van der Waals surface area contributed by atoms with Crippen molar-refractivity contribution in [2.45, 2.75) is 25.2 Å². The third-order valence-corrected chi connectivity index (χ3v) is 2.93. The lowest BCUT2D eigenvalue weighted by molar-refractivity contribution is -0.142. The monoisotopic (exact) mass is 206 g/mol. The minimum Gasteiger partial charge on any atom is -0.508 e. The number of hydrogen-bond donors (Lipinski definition) is 1. The Kier molecular flexibility index (Phi) is 2.62. The van der Waals surface area contributed by atoms with Crippen molar-refractivity contribution in [3.63, 3.8) is 0 Å². The summed E-state index contributed by atoms with van der Waals surface area (Å²) in [6.45, 7) is 0. The molecule has 1 aliphatic carbocycles. The van der Waals surface area contributed by atoms with Crippen molar-refractivity contribution in [3.05, 3.63) is 29.3 Å². The molecule has 0 radical (unpaired) electrons. The summed E-state index contributed by atoms with van der Waals surface area (Å²) in [7, 11) is 1.41. The van der Waals surface area contributed by atoms with Gasteiger partial charge in [0.05, 0.1) is 13.0 Å². The Morgan fingerprint density at radius 1 is 1.53 bits per heavy atom. The van der Waals surface area contributed by atoms with E-state index in [0.717, 1.165) is 30.4 Å². The number of rotatable bonds is 1. The van der Waals surface area contributed by atoms with Gasteiger partial charge in [0.2, 0.25) is 0 Å². The van der Waals surface area contributed by atoms with Gasteiger partial charge in [-0.25, -0.2) is 0 Å². The number of esters is 1. The van der Waals surface area contributed by atoms with E-state index in [2.05, 4.69) is 0 Å². The highest BCUT2D eigenvalue weighted by molar-refractivity contribution is 5.79. The molecule has 0 saturated heterocycles. The first-order valence-corrected chi connectivity index (χ1v) is 5.12. The maximum atomic E-state index is 11.5. The number of ether oxygens (including phenoxy) is 1. The smallest absolute Gasteiger partial charge is 0.313 e. The average Bonchev–Trinajstić information content (AvgIpc) is 2.26. The van der Waals surface area contributed by atoms with E-state index in [1.165, 1.54) is 7.11 Å². The molecular formula is C12H14O3.